The molecule has 5 heteroatoms. The van der Waals surface area contributed by atoms with Gasteiger partial charge in [-0.15, -0.1) is 3.89 Å². The van der Waals surface area contributed by atoms with E-state index in [0.29, 0.717) is 0 Å². The lowest BCUT2D eigenvalue weighted by atomic mass is 10.2. The van der Waals surface area contributed by atoms with Gasteiger partial charge in [0.1, 0.15) is 4.90 Å². The maximum Gasteiger partial charge on any atom is 0.333 e. The van der Waals surface area contributed by atoms with Crippen molar-refractivity contribution in [1.29, 1.82) is 0 Å². The molecule has 0 aromatic heterocycles. The van der Waals surface area contributed by atoms with E-state index in [2.05, 4.69) is 0 Å². The number of hydrogen-bond acceptors (Lipinski definition) is 2. The van der Waals surface area contributed by atoms with E-state index in [0.717, 1.165) is 11.6 Å². The van der Waals surface area contributed by atoms with E-state index in [9.17, 15) is 12.3 Å². The van der Waals surface area contributed by atoms with Crippen molar-refractivity contribution in [3.8, 4) is 0 Å². The minimum Gasteiger partial charge on any atom is -0.189 e. The van der Waals surface area contributed by atoms with Crippen molar-refractivity contribution >= 4 is 21.8 Å². The molecule has 0 fully saturated rings. The molecule has 0 heterocycles. The normalized spacial score (nSPS) is 11.6. The van der Waals surface area contributed by atoms with Crippen LogP contribution in [0.15, 0.2) is 23.1 Å². The summed E-state index contributed by atoms with van der Waals surface area (Å²) in [6.45, 7) is 1.74. The van der Waals surface area contributed by atoms with Gasteiger partial charge < -0.3 is 0 Å². The Kier molecular flexibility index (Phi) is 2.39. The van der Waals surface area contributed by atoms with Crippen LogP contribution in [0.25, 0.3) is 0 Å². The fourth-order valence-electron chi connectivity index (χ4n) is 0.804. The molecule has 1 aromatic rings. The predicted octanol–water partition coefficient (Wildman–Crippen LogP) is 2.31. The lowest BCUT2D eigenvalue weighted by molar-refractivity contribution is 0.552. The molecule has 0 bridgehead atoms. The average Bonchev–Trinajstić information content (AvgIpc) is 1.83. The van der Waals surface area contributed by atoms with E-state index in [1.54, 1.807) is 6.92 Å². The monoisotopic (exact) mass is 208 g/mol. The Balaban J connectivity index is 3.39. The second-order valence-electron chi connectivity index (χ2n) is 2.37. The molecule has 0 unspecified atom stereocenters. The molecule has 0 spiro atoms. The summed E-state index contributed by atoms with van der Waals surface area (Å²) in [5.74, 6) is 0. The van der Waals surface area contributed by atoms with Gasteiger partial charge in [-0.3, -0.25) is 0 Å². The van der Waals surface area contributed by atoms with Crippen LogP contribution in [-0.2, 0) is 10.2 Å². The summed E-state index contributed by atoms with van der Waals surface area (Å²) < 4.78 is 33.2. The first-order chi connectivity index (χ1) is 5.41. The SMILES string of the molecule is Cc1ccc(S(=O)(=O)F)c(Cl)c1. The van der Waals surface area contributed by atoms with Crippen LogP contribution in [0.2, 0.25) is 5.02 Å². The topological polar surface area (TPSA) is 34.1 Å². The fourth-order valence-corrected chi connectivity index (χ4v) is 1.84. The lowest BCUT2D eigenvalue weighted by Gasteiger charge is -1.98. The number of aryl methyl sites for hydroxylation is 1. The van der Waals surface area contributed by atoms with E-state index in [-0.39, 0.29) is 5.02 Å². The first-order valence-electron chi connectivity index (χ1n) is 3.12. The minimum atomic E-state index is -4.68. The first kappa shape index (κ1) is 9.48. The van der Waals surface area contributed by atoms with Gasteiger partial charge in [0.05, 0.1) is 5.02 Å². The van der Waals surface area contributed by atoms with Gasteiger partial charge >= 0.3 is 10.2 Å². The molecule has 0 radical (unpaired) electrons. The molecule has 0 aliphatic carbocycles. The van der Waals surface area contributed by atoms with Gasteiger partial charge in [-0.2, -0.15) is 8.42 Å². The molecule has 0 N–H and O–H groups in total. The lowest BCUT2D eigenvalue weighted by Crippen LogP contribution is -1.92. The highest BCUT2D eigenvalue weighted by atomic mass is 35.5. The van der Waals surface area contributed by atoms with Crippen molar-refractivity contribution in [2.75, 3.05) is 0 Å². The molecule has 12 heavy (non-hydrogen) atoms. The van der Waals surface area contributed by atoms with Crippen LogP contribution >= 0.6 is 11.6 Å². The van der Waals surface area contributed by atoms with Gasteiger partial charge in [0.2, 0.25) is 0 Å². The second kappa shape index (κ2) is 3.03. The number of rotatable bonds is 1. The zero-order valence-corrected chi connectivity index (χ0v) is 7.79. The van der Waals surface area contributed by atoms with Crippen molar-refractivity contribution < 1.29 is 12.3 Å². The van der Waals surface area contributed by atoms with Crippen LogP contribution < -0.4 is 0 Å². The van der Waals surface area contributed by atoms with Crippen molar-refractivity contribution in [1.82, 2.24) is 0 Å². The van der Waals surface area contributed by atoms with Gasteiger partial charge in [-0.1, -0.05) is 17.7 Å². The molecular formula is C7H6ClFO2S. The smallest absolute Gasteiger partial charge is 0.189 e. The van der Waals surface area contributed by atoms with Gasteiger partial charge in [-0.25, -0.2) is 0 Å². The molecule has 66 valence electrons. The Morgan fingerprint density at radius 1 is 1.42 bits per heavy atom. The van der Waals surface area contributed by atoms with Crippen LogP contribution in [0.5, 0.6) is 0 Å². The fraction of sp³-hybridized carbons (Fsp3) is 0.143. The van der Waals surface area contributed by atoms with Gasteiger partial charge in [-0.05, 0) is 24.6 Å². The molecule has 0 aliphatic heterocycles. The third kappa shape index (κ3) is 1.95. The Labute approximate surface area is 75.2 Å². The minimum absolute atomic E-state index is 0.0856. The third-order valence-electron chi connectivity index (χ3n) is 1.35. The molecule has 0 saturated carbocycles. The van der Waals surface area contributed by atoms with Gasteiger partial charge in [0.25, 0.3) is 0 Å². The van der Waals surface area contributed by atoms with Crippen LogP contribution in [-0.4, -0.2) is 8.42 Å². The summed E-state index contributed by atoms with van der Waals surface area (Å²) in [7, 11) is -4.68. The largest absolute Gasteiger partial charge is 0.333 e. The summed E-state index contributed by atoms with van der Waals surface area (Å²) in [5, 5.41) is -0.0856. The first-order valence-corrected chi connectivity index (χ1v) is 4.88. The van der Waals surface area contributed by atoms with E-state index in [1.165, 1.54) is 12.1 Å². The summed E-state index contributed by atoms with van der Waals surface area (Å²) in [4.78, 5) is -0.477. The number of halogens is 2. The van der Waals surface area contributed by atoms with Crippen LogP contribution in [0.3, 0.4) is 0 Å². The van der Waals surface area contributed by atoms with Crippen molar-refractivity contribution in [3.05, 3.63) is 28.8 Å². The Hall–Kier alpha value is -0.610. The van der Waals surface area contributed by atoms with Crippen molar-refractivity contribution in [2.45, 2.75) is 11.8 Å². The molecule has 1 aromatic carbocycles. The molecule has 0 saturated heterocycles. The summed E-state index contributed by atoms with van der Waals surface area (Å²) in [6.07, 6.45) is 0. The van der Waals surface area contributed by atoms with E-state index >= 15 is 0 Å². The molecule has 1 rings (SSSR count). The molecule has 2 nitrogen and oxygen atoms in total. The van der Waals surface area contributed by atoms with Crippen LogP contribution in [0.1, 0.15) is 5.56 Å². The Bertz CT molecular complexity index is 400. The van der Waals surface area contributed by atoms with Crippen molar-refractivity contribution in [2.24, 2.45) is 0 Å². The summed E-state index contributed by atoms with van der Waals surface area (Å²) >= 11 is 5.49. The number of hydrogen-bond donors (Lipinski definition) is 0. The third-order valence-corrected chi connectivity index (χ3v) is 2.66. The predicted molar refractivity (Wildman–Crippen MR) is 44.5 cm³/mol. The Morgan fingerprint density at radius 2 is 2.00 bits per heavy atom. The number of benzene rings is 1. The average molecular weight is 209 g/mol. The van der Waals surface area contributed by atoms with Crippen LogP contribution in [0, 0.1) is 6.92 Å². The highest BCUT2D eigenvalue weighted by Crippen LogP contribution is 2.23. The summed E-state index contributed by atoms with van der Waals surface area (Å²) in [5.41, 5.74) is 0.785. The van der Waals surface area contributed by atoms with Crippen molar-refractivity contribution in [3.63, 3.8) is 0 Å². The van der Waals surface area contributed by atoms with E-state index < -0.39 is 15.1 Å². The zero-order chi connectivity index (χ0) is 9.35. The maximum atomic E-state index is 12.4. The van der Waals surface area contributed by atoms with Crippen LogP contribution in [0.4, 0.5) is 3.89 Å². The van der Waals surface area contributed by atoms with Gasteiger partial charge in [0, 0.05) is 0 Å². The highest BCUT2D eigenvalue weighted by Gasteiger charge is 2.15. The zero-order valence-electron chi connectivity index (χ0n) is 6.21. The van der Waals surface area contributed by atoms with E-state index in [1.807, 2.05) is 0 Å². The van der Waals surface area contributed by atoms with E-state index in [4.69, 9.17) is 11.6 Å². The Morgan fingerprint density at radius 3 is 2.42 bits per heavy atom. The quantitative estimate of drug-likeness (QED) is 0.664. The molecule has 0 amide bonds. The standard InChI is InChI=1S/C7H6ClFO2S/c1-5-2-3-7(6(8)4-5)12(9,10)11/h2-4H,1H3. The summed E-state index contributed by atoms with van der Waals surface area (Å²) in [6, 6.07) is 4.03. The molecular weight excluding hydrogens is 203 g/mol. The maximum absolute atomic E-state index is 12.4. The molecule has 0 aliphatic rings. The molecule has 0 atom stereocenters. The highest BCUT2D eigenvalue weighted by molar-refractivity contribution is 7.86. The van der Waals surface area contributed by atoms with Gasteiger partial charge in [0.15, 0.2) is 0 Å². The second-order valence-corrected chi connectivity index (χ2v) is 4.09.